The van der Waals surface area contributed by atoms with E-state index >= 15 is 0 Å². The first-order chi connectivity index (χ1) is 10.0. The zero-order valence-electron chi connectivity index (χ0n) is 13.1. The van der Waals surface area contributed by atoms with E-state index in [-0.39, 0.29) is 11.5 Å². The molecule has 1 aromatic heterocycles. The van der Waals surface area contributed by atoms with E-state index in [2.05, 4.69) is 24.1 Å². The third-order valence-corrected chi connectivity index (χ3v) is 3.25. The number of hydrogen-bond donors (Lipinski definition) is 1. The molecule has 1 rings (SSSR count). The normalized spacial score (nSPS) is 10.7. The largest absolute Gasteiger partial charge is 0.481 e. The van der Waals surface area contributed by atoms with Crippen molar-refractivity contribution in [2.75, 3.05) is 19.0 Å². The number of ether oxygens (including phenoxy) is 1. The first-order valence-electron chi connectivity index (χ1n) is 7.48. The number of unbranched alkanes of at least 4 members (excludes halogenated alkanes) is 3. The minimum absolute atomic E-state index is 0.0180. The average molecular weight is 295 g/mol. The first-order valence-corrected chi connectivity index (χ1v) is 7.48. The predicted octanol–water partition coefficient (Wildman–Crippen LogP) is 4.02. The van der Waals surface area contributed by atoms with E-state index in [9.17, 15) is 10.1 Å². The van der Waals surface area contributed by atoms with Gasteiger partial charge in [-0.05, 0) is 12.3 Å². The summed E-state index contributed by atoms with van der Waals surface area (Å²) in [5.74, 6) is 1.41. The summed E-state index contributed by atoms with van der Waals surface area (Å²) < 4.78 is 5.00. The van der Waals surface area contributed by atoms with E-state index in [1.54, 1.807) is 0 Å². The minimum Gasteiger partial charge on any atom is -0.481 e. The molecule has 6 nitrogen and oxygen atoms in total. The van der Waals surface area contributed by atoms with Gasteiger partial charge in [0.2, 0.25) is 11.7 Å². The molecule has 0 unspecified atom stereocenters. The molecule has 1 N–H and O–H groups in total. The fourth-order valence-corrected chi connectivity index (χ4v) is 2.06. The van der Waals surface area contributed by atoms with Gasteiger partial charge in [0.1, 0.15) is 0 Å². The molecule has 0 aliphatic carbocycles. The molecule has 0 aromatic carbocycles. The standard InChI is InChI=1S/C15H25N3O3/c1-12(2)8-6-4-5-7-11-16-15-13(18(19)20)9-10-14(17-15)21-3/h9-10,12H,4-8,11H2,1-3H3,(H,16,17). The second-order valence-corrected chi connectivity index (χ2v) is 5.50. The van der Waals surface area contributed by atoms with E-state index in [1.165, 1.54) is 38.5 Å². The van der Waals surface area contributed by atoms with Gasteiger partial charge in [-0.3, -0.25) is 10.1 Å². The van der Waals surface area contributed by atoms with Gasteiger partial charge in [0.25, 0.3) is 0 Å². The summed E-state index contributed by atoms with van der Waals surface area (Å²) in [4.78, 5) is 14.6. The molecule has 1 aromatic rings. The third kappa shape index (κ3) is 6.42. The second kappa shape index (κ2) is 9.15. The Labute approximate surface area is 126 Å². The maximum absolute atomic E-state index is 10.9. The number of anilines is 1. The van der Waals surface area contributed by atoms with Crippen LogP contribution in [0.15, 0.2) is 12.1 Å². The number of methoxy groups -OCH3 is 1. The Kier molecular flexibility index (Phi) is 7.50. The number of nitro groups is 1. The Balaban J connectivity index is 2.38. The molecular formula is C15H25N3O3. The zero-order chi connectivity index (χ0) is 15.7. The molecule has 0 amide bonds. The molecule has 0 saturated heterocycles. The summed E-state index contributed by atoms with van der Waals surface area (Å²) in [5, 5.41) is 14.0. The number of aromatic nitrogens is 1. The van der Waals surface area contributed by atoms with Gasteiger partial charge < -0.3 is 10.1 Å². The fraction of sp³-hybridized carbons (Fsp3) is 0.667. The van der Waals surface area contributed by atoms with Crippen LogP contribution in [0.25, 0.3) is 0 Å². The molecule has 0 aliphatic heterocycles. The van der Waals surface area contributed by atoms with Crippen molar-refractivity contribution in [1.29, 1.82) is 0 Å². The quantitative estimate of drug-likeness (QED) is 0.401. The Morgan fingerprint density at radius 3 is 2.62 bits per heavy atom. The van der Waals surface area contributed by atoms with Gasteiger partial charge in [-0.25, -0.2) is 0 Å². The van der Waals surface area contributed by atoms with Crippen molar-refractivity contribution in [2.24, 2.45) is 5.92 Å². The van der Waals surface area contributed by atoms with E-state index in [4.69, 9.17) is 4.74 Å². The molecule has 0 saturated carbocycles. The van der Waals surface area contributed by atoms with Gasteiger partial charge in [0.15, 0.2) is 0 Å². The Bertz CT molecular complexity index is 450. The molecule has 21 heavy (non-hydrogen) atoms. The van der Waals surface area contributed by atoms with Crippen LogP contribution >= 0.6 is 0 Å². The van der Waals surface area contributed by atoms with Crippen molar-refractivity contribution in [1.82, 2.24) is 4.98 Å². The van der Waals surface area contributed by atoms with Crippen LogP contribution in [-0.2, 0) is 0 Å². The van der Waals surface area contributed by atoms with Crippen LogP contribution in [0, 0.1) is 16.0 Å². The minimum atomic E-state index is -0.433. The topological polar surface area (TPSA) is 77.3 Å². The summed E-state index contributed by atoms with van der Waals surface area (Å²) in [6.45, 7) is 5.15. The average Bonchev–Trinajstić information content (AvgIpc) is 2.45. The SMILES string of the molecule is COc1ccc([N+](=O)[O-])c(NCCCCCCC(C)C)n1. The van der Waals surface area contributed by atoms with Crippen LogP contribution < -0.4 is 10.1 Å². The third-order valence-electron chi connectivity index (χ3n) is 3.25. The van der Waals surface area contributed by atoms with Gasteiger partial charge in [-0.1, -0.05) is 39.5 Å². The lowest BCUT2D eigenvalue weighted by atomic mass is 10.0. The molecule has 0 atom stereocenters. The highest BCUT2D eigenvalue weighted by atomic mass is 16.6. The van der Waals surface area contributed by atoms with Crippen LogP contribution in [0.5, 0.6) is 5.88 Å². The van der Waals surface area contributed by atoms with Crippen LogP contribution in [-0.4, -0.2) is 23.6 Å². The van der Waals surface area contributed by atoms with Gasteiger partial charge in [0.05, 0.1) is 12.0 Å². The molecule has 0 bridgehead atoms. The summed E-state index contributed by atoms with van der Waals surface area (Å²) in [6, 6.07) is 2.91. The van der Waals surface area contributed by atoms with Gasteiger partial charge >= 0.3 is 5.69 Å². The molecule has 118 valence electrons. The smallest absolute Gasteiger partial charge is 0.311 e. The van der Waals surface area contributed by atoms with Crippen molar-refractivity contribution in [3.05, 3.63) is 22.2 Å². The summed E-state index contributed by atoms with van der Waals surface area (Å²) in [7, 11) is 1.49. The Morgan fingerprint density at radius 1 is 1.29 bits per heavy atom. The predicted molar refractivity (Wildman–Crippen MR) is 83.9 cm³/mol. The highest BCUT2D eigenvalue weighted by Gasteiger charge is 2.15. The van der Waals surface area contributed by atoms with Crippen LogP contribution in [0.2, 0.25) is 0 Å². The molecule has 0 aliphatic rings. The molecule has 0 spiro atoms. The summed E-state index contributed by atoms with van der Waals surface area (Å²) in [6.07, 6.45) is 5.81. The second-order valence-electron chi connectivity index (χ2n) is 5.50. The zero-order valence-corrected chi connectivity index (χ0v) is 13.1. The Hall–Kier alpha value is -1.85. The summed E-state index contributed by atoms with van der Waals surface area (Å²) >= 11 is 0. The number of pyridine rings is 1. The molecule has 0 radical (unpaired) electrons. The van der Waals surface area contributed by atoms with E-state index in [0.717, 1.165) is 18.8 Å². The first kappa shape index (κ1) is 17.2. The maximum atomic E-state index is 10.9. The number of rotatable bonds is 10. The lowest BCUT2D eigenvalue weighted by molar-refractivity contribution is -0.384. The van der Waals surface area contributed by atoms with Crippen LogP contribution in [0.4, 0.5) is 11.5 Å². The van der Waals surface area contributed by atoms with Gasteiger partial charge in [0, 0.05) is 18.7 Å². The van der Waals surface area contributed by atoms with Crippen molar-refractivity contribution in [3.63, 3.8) is 0 Å². The molecule has 1 heterocycles. The Morgan fingerprint density at radius 2 is 2.00 bits per heavy atom. The number of nitrogens with one attached hydrogen (secondary N) is 1. The number of nitrogens with zero attached hydrogens (tertiary/aromatic N) is 2. The van der Waals surface area contributed by atoms with E-state index in [0.29, 0.717) is 12.4 Å². The van der Waals surface area contributed by atoms with E-state index < -0.39 is 4.92 Å². The van der Waals surface area contributed by atoms with Crippen molar-refractivity contribution in [3.8, 4) is 5.88 Å². The van der Waals surface area contributed by atoms with Gasteiger partial charge in [-0.2, -0.15) is 4.98 Å². The fourth-order valence-electron chi connectivity index (χ4n) is 2.06. The maximum Gasteiger partial charge on any atom is 0.311 e. The highest BCUT2D eigenvalue weighted by molar-refractivity contribution is 5.56. The van der Waals surface area contributed by atoms with Crippen LogP contribution in [0.3, 0.4) is 0 Å². The lowest BCUT2D eigenvalue weighted by Crippen LogP contribution is -2.07. The van der Waals surface area contributed by atoms with Crippen LogP contribution in [0.1, 0.15) is 46.0 Å². The van der Waals surface area contributed by atoms with Crippen molar-refractivity contribution in [2.45, 2.75) is 46.0 Å². The number of hydrogen-bond acceptors (Lipinski definition) is 5. The summed E-state index contributed by atoms with van der Waals surface area (Å²) in [5.41, 5.74) is -0.0180. The highest BCUT2D eigenvalue weighted by Crippen LogP contribution is 2.24. The lowest BCUT2D eigenvalue weighted by Gasteiger charge is -2.08. The van der Waals surface area contributed by atoms with E-state index in [1.807, 2.05) is 0 Å². The molecule has 0 fully saturated rings. The molecular weight excluding hydrogens is 270 g/mol. The monoisotopic (exact) mass is 295 g/mol. The molecule has 6 heteroatoms. The van der Waals surface area contributed by atoms with Gasteiger partial charge in [-0.15, -0.1) is 0 Å². The van der Waals surface area contributed by atoms with Crippen molar-refractivity contribution < 1.29 is 9.66 Å². The van der Waals surface area contributed by atoms with Crippen molar-refractivity contribution >= 4 is 11.5 Å².